The maximum atomic E-state index is 5.88. The molecule has 1 unspecified atom stereocenters. The molecule has 1 aromatic heterocycles. The molecule has 0 radical (unpaired) electrons. The van der Waals surface area contributed by atoms with E-state index in [0.717, 1.165) is 22.6 Å². The summed E-state index contributed by atoms with van der Waals surface area (Å²) < 4.78 is 0. The van der Waals surface area contributed by atoms with Crippen molar-refractivity contribution in [2.45, 2.75) is 24.3 Å². The van der Waals surface area contributed by atoms with Gasteiger partial charge in [-0.05, 0) is 54.1 Å². The van der Waals surface area contributed by atoms with E-state index in [9.17, 15) is 0 Å². The molecule has 0 saturated heterocycles. The average molecular weight is 323 g/mol. The van der Waals surface area contributed by atoms with Crippen LogP contribution in [-0.2, 0) is 6.42 Å². The molecular formula is C15H18N2S3. The fraction of sp³-hybridized carbons (Fsp3) is 0.267. The van der Waals surface area contributed by atoms with E-state index in [1.54, 1.807) is 23.1 Å². The second-order valence-electron chi connectivity index (χ2n) is 4.63. The van der Waals surface area contributed by atoms with E-state index in [4.69, 9.17) is 18.0 Å². The maximum absolute atomic E-state index is 5.88. The molecule has 2 aromatic rings. The van der Waals surface area contributed by atoms with Crippen molar-refractivity contribution in [3.63, 3.8) is 0 Å². The molecular weight excluding hydrogens is 304 g/mol. The molecule has 0 aliphatic rings. The van der Waals surface area contributed by atoms with Crippen molar-refractivity contribution in [2.75, 3.05) is 11.6 Å². The van der Waals surface area contributed by atoms with Crippen molar-refractivity contribution in [1.82, 2.24) is 0 Å². The van der Waals surface area contributed by atoms with Gasteiger partial charge in [0.1, 0.15) is 4.99 Å². The van der Waals surface area contributed by atoms with Crippen molar-refractivity contribution in [3.05, 3.63) is 46.2 Å². The van der Waals surface area contributed by atoms with Crippen LogP contribution in [-0.4, -0.2) is 17.3 Å². The Labute approximate surface area is 133 Å². The molecule has 1 atom stereocenters. The fourth-order valence-electron chi connectivity index (χ4n) is 2.15. The van der Waals surface area contributed by atoms with Crippen LogP contribution in [0.25, 0.3) is 0 Å². The van der Waals surface area contributed by atoms with Gasteiger partial charge >= 0.3 is 0 Å². The molecule has 0 saturated carbocycles. The molecule has 0 aliphatic heterocycles. The highest BCUT2D eigenvalue weighted by Gasteiger charge is 2.12. The third-order valence-electron chi connectivity index (χ3n) is 3.02. The van der Waals surface area contributed by atoms with Crippen molar-refractivity contribution >= 4 is 46.0 Å². The normalized spacial score (nSPS) is 12.1. The first-order valence-corrected chi connectivity index (χ1v) is 8.93. The Bertz CT molecular complexity index is 579. The molecule has 0 fully saturated rings. The van der Waals surface area contributed by atoms with Crippen LogP contribution < -0.4 is 11.1 Å². The van der Waals surface area contributed by atoms with Crippen LogP contribution >= 0.6 is 35.3 Å². The van der Waals surface area contributed by atoms with Crippen molar-refractivity contribution < 1.29 is 0 Å². The SMILES string of the molecule is CSc1cccc(NC(C)Cc2ccsc2)c1C(N)=S. The minimum Gasteiger partial charge on any atom is -0.389 e. The van der Waals surface area contributed by atoms with E-state index in [-0.39, 0.29) is 0 Å². The molecule has 0 aliphatic carbocycles. The van der Waals surface area contributed by atoms with E-state index >= 15 is 0 Å². The molecule has 20 heavy (non-hydrogen) atoms. The number of nitrogens with two attached hydrogens (primary N) is 1. The van der Waals surface area contributed by atoms with E-state index in [1.807, 2.05) is 24.5 Å². The van der Waals surface area contributed by atoms with Gasteiger partial charge in [0, 0.05) is 22.2 Å². The Morgan fingerprint density at radius 3 is 2.85 bits per heavy atom. The minimum atomic E-state index is 0.329. The summed E-state index contributed by atoms with van der Waals surface area (Å²) in [5.74, 6) is 0. The number of thiocarbonyl (C=S) groups is 1. The number of thiophene rings is 1. The van der Waals surface area contributed by atoms with Crippen LogP contribution in [0.3, 0.4) is 0 Å². The smallest absolute Gasteiger partial charge is 0.107 e. The lowest BCUT2D eigenvalue weighted by Crippen LogP contribution is -2.21. The van der Waals surface area contributed by atoms with Gasteiger partial charge in [-0.15, -0.1) is 11.8 Å². The highest BCUT2D eigenvalue weighted by molar-refractivity contribution is 7.98. The molecule has 106 valence electrons. The summed E-state index contributed by atoms with van der Waals surface area (Å²) in [5, 5.41) is 7.82. The second-order valence-corrected chi connectivity index (χ2v) is 6.70. The van der Waals surface area contributed by atoms with Crippen molar-refractivity contribution in [2.24, 2.45) is 5.73 Å². The van der Waals surface area contributed by atoms with Crippen LogP contribution in [0.2, 0.25) is 0 Å². The standard InChI is InChI=1S/C15H18N2S3/c1-10(8-11-6-7-20-9-11)17-12-4-3-5-13(19-2)14(12)15(16)18/h3-7,9-10,17H,8H2,1-2H3,(H2,16,18). The first-order chi connectivity index (χ1) is 9.61. The summed E-state index contributed by atoms with van der Waals surface area (Å²) in [6.07, 6.45) is 3.03. The number of thioether (sulfide) groups is 1. The number of anilines is 1. The Hall–Kier alpha value is -1.04. The largest absolute Gasteiger partial charge is 0.389 e. The summed E-state index contributed by atoms with van der Waals surface area (Å²) >= 11 is 8.59. The van der Waals surface area contributed by atoms with Crippen molar-refractivity contribution in [1.29, 1.82) is 0 Å². The second kappa shape index (κ2) is 7.11. The molecule has 2 nitrogen and oxygen atoms in total. The Kier molecular flexibility index (Phi) is 5.46. The van der Waals surface area contributed by atoms with Crippen LogP contribution in [0.15, 0.2) is 39.9 Å². The molecule has 1 heterocycles. The molecule has 1 aromatic carbocycles. The Morgan fingerprint density at radius 2 is 2.25 bits per heavy atom. The zero-order valence-electron chi connectivity index (χ0n) is 11.6. The fourth-order valence-corrected chi connectivity index (χ4v) is 3.76. The van der Waals surface area contributed by atoms with E-state index in [0.29, 0.717) is 11.0 Å². The van der Waals surface area contributed by atoms with Gasteiger partial charge in [0.2, 0.25) is 0 Å². The summed E-state index contributed by atoms with van der Waals surface area (Å²) in [5.41, 5.74) is 9.21. The predicted octanol–water partition coefficient (Wildman–Crippen LogP) is 4.15. The number of hydrogen-bond acceptors (Lipinski definition) is 4. The van der Waals surface area contributed by atoms with Gasteiger partial charge in [0.15, 0.2) is 0 Å². The van der Waals surface area contributed by atoms with E-state index < -0.39 is 0 Å². The van der Waals surface area contributed by atoms with Crippen LogP contribution in [0, 0.1) is 0 Å². The monoisotopic (exact) mass is 322 g/mol. The summed E-state index contributed by atoms with van der Waals surface area (Å²) in [6, 6.07) is 8.62. The molecule has 2 rings (SSSR count). The minimum absolute atomic E-state index is 0.329. The predicted molar refractivity (Wildman–Crippen MR) is 95.2 cm³/mol. The van der Waals surface area contributed by atoms with E-state index in [1.165, 1.54) is 5.56 Å². The highest BCUT2D eigenvalue weighted by Crippen LogP contribution is 2.28. The summed E-state index contributed by atoms with van der Waals surface area (Å²) in [7, 11) is 0. The van der Waals surface area contributed by atoms with Gasteiger partial charge in [0.25, 0.3) is 0 Å². The summed E-state index contributed by atoms with van der Waals surface area (Å²) in [6.45, 7) is 2.17. The number of benzene rings is 1. The molecule has 5 heteroatoms. The van der Waals surface area contributed by atoms with Crippen LogP contribution in [0.1, 0.15) is 18.1 Å². The third-order valence-corrected chi connectivity index (χ3v) is 4.73. The first-order valence-electron chi connectivity index (χ1n) is 6.36. The van der Waals surface area contributed by atoms with Gasteiger partial charge < -0.3 is 11.1 Å². The number of hydrogen-bond donors (Lipinski definition) is 2. The molecule has 0 amide bonds. The first kappa shape index (κ1) is 15.4. The van der Waals surface area contributed by atoms with Crippen LogP contribution in [0.5, 0.6) is 0 Å². The van der Waals surface area contributed by atoms with Gasteiger partial charge in [-0.1, -0.05) is 18.3 Å². The Balaban J connectivity index is 2.18. The highest BCUT2D eigenvalue weighted by atomic mass is 32.2. The summed E-state index contributed by atoms with van der Waals surface area (Å²) in [4.78, 5) is 1.56. The van der Waals surface area contributed by atoms with Gasteiger partial charge in [0.05, 0.1) is 0 Å². The molecule has 0 spiro atoms. The van der Waals surface area contributed by atoms with Crippen LogP contribution in [0.4, 0.5) is 5.69 Å². The third kappa shape index (κ3) is 3.75. The van der Waals surface area contributed by atoms with Gasteiger partial charge in [-0.2, -0.15) is 11.3 Å². The van der Waals surface area contributed by atoms with Gasteiger partial charge in [-0.3, -0.25) is 0 Å². The lowest BCUT2D eigenvalue weighted by molar-refractivity contribution is 0.792. The lowest BCUT2D eigenvalue weighted by Gasteiger charge is -2.19. The number of nitrogens with one attached hydrogen (secondary N) is 1. The molecule has 3 N–H and O–H groups in total. The Morgan fingerprint density at radius 1 is 1.45 bits per heavy atom. The quantitative estimate of drug-likeness (QED) is 0.619. The van der Waals surface area contributed by atoms with E-state index in [2.05, 4.69) is 29.1 Å². The zero-order valence-corrected chi connectivity index (χ0v) is 14.0. The zero-order chi connectivity index (χ0) is 14.5. The van der Waals surface area contributed by atoms with Crippen molar-refractivity contribution in [3.8, 4) is 0 Å². The maximum Gasteiger partial charge on any atom is 0.107 e. The number of rotatable bonds is 6. The van der Waals surface area contributed by atoms with Gasteiger partial charge in [-0.25, -0.2) is 0 Å². The lowest BCUT2D eigenvalue weighted by atomic mass is 10.1. The molecule has 0 bridgehead atoms. The topological polar surface area (TPSA) is 38.0 Å². The average Bonchev–Trinajstić information content (AvgIpc) is 2.90.